The second-order valence-corrected chi connectivity index (χ2v) is 4.87. The van der Waals surface area contributed by atoms with Gasteiger partial charge in [-0.15, -0.1) is 0 Å². The molecule has 0 bridgehead atoms. The van der Waals surface area contributed by atoms with E-state index < -0.39 is 11.6 Å². The normalized spacial score (nSPS) is 10.7. The fourth-order valence-electron chi connectivity index (χ4n) is 2.26. The Labute approximate surface area is 120 Å². The highest BCUT2D eigenvalue weighted by Crippen LogP contribution is 2.22. The van der Waals surface area contributed by atoms with Crippen molar-refractivity contribution in [3.05, 3.63) is 70.1 Å². The highest BCUT2D eigenvalue weighted by Gasteiger charge is 2.10. The summed E-state index contributed by atoms with van der Waals surface area (Å²) < 4.78 is 5.30. The molecule has 0 saturated carbocycles. The molecule has 1 N–H and O–H groups in total. The smallest absolute Gasteiger partial charge is 0.344 e. The molecule has 0 saturated heterocycles. The molecule has 0 amide bonds. The van der Waals surface area contributed by atoms with Crippen LogP contribution in [-0.2, 0) is 0 Å². The van der Waals surface area contributed by atoms with E-state index in [0.29, 0.717) is 16.7 Å². The maximum absolute atomic E-state index is 12.1. The van der Waals surface area contributed by atoms with Crippen molar-refractivity contribution in [3.63, 3.8) is 0 Å². The summed E-state index contributed by atoms with van der Waals surface area (Å²) in [6, 6.07) is 13.5. The molecule has 104 valence electrons. The van der Waals surface area contributed by atoms with Crippen LogP contribution in [0.3, 0.4) is 0 Å². The molecule has 4 nitrogen and oxygen atoms in total. The standard InChI is InChI=1S/C17H12O4/c1-10-5-6-15-13(7-10)9-14(17(20)21-15)11-3-2-4-12(8-11)16(18)19/h2-9H,1H3,(H,18,19). The predicted octanol–water partition coefficient (Wildman–Crippen LogP) is 3.47. The first kappa shape index (κ1) is 13.1. The number of carboxylic acid groups (broad SMARTS) is 1. The number of carboxylic acids is 1. The van der Waals surface area contributed by atoms with Gasteiger partial charge >= 0.3 is 11.6 Å². The Morgan fingerprint density at radius 1 is 1.10 bits per heavy atom. The van der Waals surface area contributed by atoms with Crippen LogP contribution in [0.5, 0.6) is 0 Å². The number of hydrogen-bond donors (Lipinski definition) is 1. The minimum atomic E-state index is -1.03. The summed E-state index contributed by atoms with van der Waals surface area (Å²) >= 11 is 0. The Kier molecular flexibility index (Phi) is 3.06. The average molecular weight is 280 g/mol. The Morgan fingerprint density at radius 3 is 2.67 bits per heavy atom. The van der Waals surface area contributed by atoms with Crippen LogP contribution in [-0.4, -0.2) is 11.1 Å². The van der Waals surface area contributed by atoms with E-state index in [2.05, 4.69) is 0 Å². The highest BCUT2D eigenvalue weighted by molar-refractivity contribution is 5.90. The molecule has 1 heterocycles. The zero-order valence-electron chi connectivity index (χ0n) is 11.3. The molecule has 0 aliphatic carbocycles. The summed E-state index contributed by atoms with van der Waals surface area (Å²) in [6.07, 6.45) is 0. The largest absolute Gasteiger partial charge is 0.478 e. The molecule has 1 aromatic heterocycles. The fraction of sp³-hybridized carbons (Fsp3) is 0.0588. The maximum Gasteiger partial charge on any atom is 0.344 e. The second-order valence-electron chi connectivity index (χ2n) is 4.87. The van der Waals surface area contributed by atoms with Gasteiger partial charge in [0.1, 0.15) is 5.58 Å². The van der Waals surface area contributed by atoms with E-state index in [1.807, 2.05) is 19.1 Å². The van der Waals surface area contributed by atoms with Gasteiger partial charge in [0.05, 0.1) is 11.1 Å². The van der Waals surface area contributed by atoms with E-state index in [0.717, 1.165) is 10.9 Å². The molecule has 2 aromatic carbocycles. The molecule has 0 aliphatic heterocycles. The summed E-state index contributed by atoms with van der Waals surface area (Å²) in [5, 5.41) is 9.84. The lowest BCUT2D eigenvalue weighted by atomic mass is 10.0. The van der Waals surface area contributed by atoms with Gasteiger partial charge in [-0.05, 0) is 42.8 Å². The summed E-state index contributed by atoms with van der Waals surface area (Å²) in [6.45, 7) is 1.95. The van der Waals surface area contributed by atoms with E-state index in [-0.39, 0.29) is 5.56 Å². The van der Waals surface area contributed by atoms with Crippen molar-refractivity contribution in [2.45, 2.75) is 6.92 Å². The summed E-state index contributed by atoms with van der Waals surface area (Å²) in [4.78, 5) is 23.1. The van der Waals surface area contributed by atoms with Gasteiger partial charge in [0.25, 0.3) is 0 Å². The Balaban J connectivity index is 2.24. The number of carbonyl (C=O) groups is 1. The molecule has 0 atom stereocenters. The van der Waals surface area contributed by atoms with Crippen molar-refractivity contribution in [2.75, 3.05) is 0 Å². The molecule has 0 aliphatic rings. The van der Waals surface area contributed by atoms with Crippen molar-refractivity contribution >= 4 is 16.9 Å². The van der Waals surface area contributed by atoms with Gasteiger partial charge < -0.3 is 9.52 Å². The Bertz CT molecular complexity index is 906. The summed E-state index contributed by atoms with van der Waals surface area (Å²) in [5.74, 6) is -1.03. The number of rotatable bonds is 2. The molecule has 3 aromatic rings. The number of aromatic carboxylic acids is 1. The molecule has 0 radical (unpaired) electrons. The van der Waals surface area contributed by atoms with Crippen LogP contribution >= 0.6 is 0 Å². The van der Waals surface area contributed by atoms with Crippen LogP contribution in [0.1, 0.15) is 15.9 Å². The van der Waals surface area contributed by atoms with Crippen molar-refractivity contribution in [3.8, 4) is 11.1 Å². The number of benzene rings is 2. The number of aryl methyl sites for hydroxylation is 1. The van der Waals surface area contributed by atoms with Crippen molar-refractivity contribution in [1.82, 2.24) is 0 Å². The third-order valence-electron chi connectivity index (χ3n) is 3.31. The van der Waals surface area contributed by atoms with Gasteiger partial charge in [-0.2, -0.15) is 0 Å². The molecular weight excluding hydrogens is 268 g/mol. The predicted molar refractivity (Wildman–Crippen MR) is 79.6 cm³/mol. The average Bonchev–Trinajstić information content (AvgIpc) is 2.47. The minimum absolute atomic E-state index is 0.135. The Hall–Kier alpha value is -2.88. The third kappa shape index (κ3) is 2.43. The van der Waals surface area contributed by atoms with Gasteiger partial charge in [-0.25, -0.2) is 9.59 Å². The lowest BCUT2D eigenvalue weighted by Crippen LogP contribution is -2.04. The van der Waals surface area contributed by atoms with Crippen molar-refractivity contribution in [1.29, 1.82) is 0 Å². The lowest BCUT2D eigenvalue weighted by molar-refractivity contribution is 0.0697. The van der Waals surface area contributed by atoms with Crippen molar-refractivity contribution in [2.24, 2.45) is 0 Å². The van der Waals surface area contributed by atoms with E-state index in [1.54, 1.807) is 24.3 Å². The summed E-state index contributed by atoms with van der Waals surface area (Å²) in [5.41, 5.74) is 2.12. The molecule has 0 fully saturated rings. The quantitative estimate of drug-likeness (QED) is 0.730. The van der Waals surface area contributed by atoms with Crippen molar-refractivity contribution < 1.29 is 14.3 Å². The van der Waals surface area contributed by atoms with Crippen LogP contribution in [0, 0.1) is 6.92 Å². The van der Waals surface area contributed by atoms with E-state index in [9.17, 15) is 9.59 Å². The van der Waals surface area contributed by atoms with Crippen LogP contribution in [0.15, 0.2) is 57.7 Å². The van der Waals surface area contributed by atoms with Crippen LogP contribution < -0.4 is 5.63 Å². The van der Waals surface area contributed by atoms with E-state index >= 15 is 0 Å². The zero-order valence-corrected chi connectivity index (χ0v) is 11.3. The topological polar surface area (TPSA) is 67.5 Å². The lowest BCUT2D eigenvalue weighted by Gasteiger charge is -2.04. The number of fused-ring (bicyclic) bond motifs is 1. The van der Waals surface area contributed by atoms with Gasteiger partial charge in [-0.1, -0.05) is 23.8 Å². The van der Waals surface area contributed by atoms with Gasteiger partial charge in [-0.3, -0.25) is 0 Å². The van der Waals surface area contributed by atoms with E-state index in [4.69, 9.17) is 9.52 Å². The first-order chi connectivity index (χ1) is 10.0. The second kappa shape index (κ2) is 4.90. The maximum atomic E-state index is 12.1. The highest BCUT2D eigenvalue weighted by atomic mass is 16.4. The van der Waals surface area contributed by atoms with Gasteiger partial charge in [0.15, 0.2) is 0 Å². The Morgan fingerprint density at radius 2 is 1.90 bits per heavy atom. The molecule has 0 unspecified atom stereocenters. The first-order valence-electron chi connectivity index (χ1n) is 6.43. The molecule has 3 rings (SSSR count). The summed E-state index contributed by atoms with van der Waals surface area (Å²) in [7, 11) is 0. The minimum Gasteiger partial charge on any atom is -0.478 e. The first-order valence-corrected chi connectivity index (χ1v) is 6.43. The van der Waals surface area contributed by atoms with Crippen LogP contribution in [0.2, 0.25) is 0 Å². The SMILES string of the molecule is Cc1ccc2oc(=O)c(-c3cccc(C(=O)O)c3)cc2c1. The fourth-order valence-corrected chi connectivity index (χ4v) is 2.26. The third-order valence-corrected chi connectivity index (χ3v) is 3.31. The van der Waals surface area contributed by atoms with Crippen LogP contribution in [0.4, 0.5) is 0 Å². The van der Waals surface area contributed by atoms with Gasteiger partial charge in [0.2, 0.25) is 0 Å². The number of hydrogen-bond acceptors (Lipinski definition) is 3. The zero-order chi connectivity index (χ0) is 15.0. The van der Waals surface area contributed by atoms with Gasteiger partial charge in [0, 0.05) is 5.39 Å². The van der Waals surface area contributed by atoms with E-state index in [1.165, 1.54) is 12.1 Å². The molecule has 4 heteroatoms. The molecule has 0 spiro atoms. The monoisotopic (exact) mass is 280 g/mol. The molecule has 21 heavy (non-hydrogen) atoms. The van der Waals surface area contributed by atoms with Crippen LogP contribution in [0.25, 0.3) is 22.1 Å². The molecular formula is C17H12O4.